The van der Waals surface area contributed by atoms with Crippen LogP contribution in [0.15, 0.2) is 24.4 Å². The summed E-state index contributed by atoms with van der Waals surface area (Å²) in [5, 5.41) is 7.72. The topological polar surface area (TPSA) is 52.8 Å². The Balaban J connectivity index is 1.65. The van der Waals surface area contributed by atoms with Crippen LogP contribution in [0.2, 0.25) is 0 Å². The van der Waals surface area contributed by atoms with Gasteiger partial charge in [0.05, 0.1) is 17.9 Å². The Labute approximate surface area is 122 Å². The Morgan fingerprint density at radius 2 is 2.09 bits per heavy atom. The number of pyridine rings is 1. The smallest absolute Gasteiger partial charge is 0.388 e. The molecule has 3 rings (SSSR count). The van der Waals surface area contributed by atoms with Gasteiger partial charge in [-0.2, -0.15) is 8.78 Å². The van der Waals surface area contributed by atoms with E-state index in [9.17, 15) is 17.6 Å². The van der Waals surface area contributed by atoms with E-state index < -0.39 is 12.5 Å². The zero-order chi connectivity index (χ0) is 15.7. The van der Waals surface area contributed by atoms with Crippen LogP contribution in [0, 0.1) is 0 Å². The molecule has 1 fully saturated rings. The van der Waals surface area contributed by atoms with E-state index in [1.165, 1.54) is 16.8 Å². The summed E-state index contributed by atoms with van der Waals surface area (Å²) in [4.78, 5) is 3.91. The van der Waals surface area contributed by atoms with Gasteiger partial charge in [0.15, 0.2) is 0 Å². The molecule has 22 heavy (non-hydrogen) atoms. The Kier molecular flexibility index (Phi) is 3.71. The molecule has 0 amide bonds. The highest BCUT2D eigenvalue weighted by molar-refractivity contribution is 5.16. The van der Waals surface area contributed by atoms with E-state index in [2.05, 4.69) is 20.0 Å². The maximum absolute atomic E-state index is 12.8. The number of aromatic nitrogens is 4. The predicted octanol–water partition coefficient (Wildman–Crippen LogP) is 2.84. The van der Waals surface area contributed by atoms with E-state index in [4.69, 9.17) is 0 Å². The molecule has 0 radical (unpaired) electrons. The standard InChI is InChI=1S/C13H12F4N4O/c14-12(15)22-11-3-1-2-9(18-11)6-21-7-10(19-20-21)8-4-13(16,17)5-8/h1-3,7-8,12H,4-6H2. The first kappa shape index (κ1) is 14.7. The van der Waals surface area contributed by atoms with Crippen molar-refractivity contribution in [3.8, 4) is 5.88 Å². The van der Waals surface area contributed by atoms with Gasteiger partial charge in [0.1, 0.15) is 0 Å². The van der Waals surface area contributed by atoms with Crippen molar-refractivity contribution in [3.63, 3.8) is 0 Å². The van der Waals surface area contributed by atoms with Crippen molar-refractivity contribution < 1.29 is 22.3 Å². The SMILES string of the molecule is FC(F)Oc1cccc(Cn2cc(C3CC(F)(F)C3)nn2)n1. The van der Waals surface area contributed by atoms with Crippen molar-refractivity contribution >= 4 is 0 Å². The predicted molar refractivity (Wildman–Crippen MR) is 66.9 cm³/mol. The third kappa shape index (κ3) is 3.34. The lowest BCUT2D eigenvalue weighted by Crippen LogP contribution is -2.33. The van der Waals surface area contributed by atoms with E-state index in [1.54, 1.807) is 12.3 Å². The molecule has 1 aliphatic rings. The second-order valence-electron chi connectivity index (χ2n) is 5.15. The average Bonchev–Trinajstić information content (AvgIpc) is 2.83. The minimum Gasteiger partial charge on any atom is -0.417 e. The third-order valence-electron chi connectivity index (χ3n) is 3.38. The van der Waals surface area contributed by atoms with Crippen LogP contribution in [0.5, 0.6) is 5.88 Å². The van der Waals surface area contributed by atoms with Crippen molar-refractivity contribution in [2.24, 2.45) is 0 Å². The zero-order valence-corrected chi connectivity index (χ0v) is 11.3. The molecular weight excluding hydrogens is 304 g/mol. The van der Waals surface area contributed by atoms with Gasteiger partial charge in [-0.1, -0.05) is 11.3 Å². The molecule has 2 heterocycles. The number of hydrogen-bond acceptors (Lipinski definition) is 4. The average molecular weight is 316 g/mol. The molecule has 0 saturated heterocycles. The lowest BCUT2D eigenvalue weighted by Gasteiger charge is -2.33. The van der Waals surface area contributed by atoms with Gasteiger partial charge in [-0.15, -0.1) is 5.10 Å². The molecule has 118 valence electrons. The molecular formula is C13H12F4N4O. The third-order valence-corrected chi connectivity index (χ3v) is 3.38. The lowest BCUT2D eigenvalue weighted by atomic mass is 9.79. The summed E-state index contributed by atoms with van der Waals surface area (Å²) < 4.78 is 55.6. The molecule has 1 saturated carbocycles. The summed E-state index contributed by atoms with van der Waals surface area (Å²) in [5.41, 5.74) is 0.958. The maximum atomic E-state index is 12.8. The summed E-state index contributed by atoms with van der Waals surface area (Å²) in [6.45, 7) is -2.75. The van der Waals surface area contributed by atoms with Crippen molar-refractivity contribution in [1.82, 2.24) is 20.0 Å². The zero-order valence-electron chi connectivity index (χ0n) is 11.3. The molecule has 2 aromatic heterocycles. The first-order valence-corrected chi connectivity index (χ1v) is 6.60. The van der Waals surface area contributed by atoms with Gasteiger partial charge in [0.2, 0.25) is 11.8 Å². The van der Waals surface area contributed by atoms with E-state index in [0.717, 1.165) is 0 Å². The minimum atomic E-state index is -2.94. The quantitative estimate of drug-likeness (QED) is 0.796. The van der Waals surface area contributed by atoms with E-state index in [-0.39, 0.29) is 31.2 Å². The molecule has 0 unspecified atom stereocenters. The molecule has 1 aliphatic carbocycles. The number of halogens is 4. The van der Waals surface area contributed by atoms with Gasteiger partial charge in [0, 0.05) is 31.0 Å². The highest BCUT2D eigenvalue weighted by Gasteiger charge is 2.47. The first-order chi connectivity index (χ1) is 10.4. The Morgan fingerprint density at radius 3 is 2.77 bits per heavy atom. The van der Waals surface area contributed by atoms with E-state index >= 15 is 0 Å². The monoisotopic (exact) mass is 316 g/mol. The molecule has 0 bridgehead atoms. The van der Waals surface area contributed by atoms with Crippen LogP contribution in [0.25, 0.3) is 0 Å². The molecule has 0 aromatic carbocycles. The summed E-state index contributed by atoms with van der Waals surface area (Å²) in [5.74, 6) is -3.09. The fourth-order valence-electron chi connectivity index (χ4n) is 2.32. The number of ether oxygens (including phenoxy) is 1. The van der Waals surface area contributed by atoms with Crippen molar-refractivity contribution in [3.05, 3.63) is 35.8 Å². The number of rotatable bonds is 5. The van der Waals surface area contributed by atoms with Gasteiger partial charge in [0.25, 0.3) is 0 Å². The van der Waals surface area contributed by atoms with Crippen LogP contribution in [-0.2, 0) is 6.54 Å². The maximum Gasteiger partial charge on any atom is 0.388 e. The second-order valence-corrected chi connectivity index (χ2v) is 5.15. The molecule has 0 atom stereocenters. The number of nitrogens with zero attached hydrogens (tertiary/aromatic N) is 4. The largest absolute Gasteiger partial charge is 0.417 e. The molecule has 9 heteroatoms. The van der Waals surface area contributed by atoms with Gasteiger partial charge < -0.3 is 4.74 Å². The molecule has 5 nitrogen and oxygen atoms in total. The highest BCUT2D eigenvalue weighted by atomic mass is 19.3. The number of alkyl halides is 4. The van der Waals surface area contributed by atoms with Crippen molar-refractivity contribution in [1.29, 1.82) is 0 Å². The van der Waals surface area contributed by atoms with Crippen molar-refractivity contribution in [2.75, 3.05) is 0 Å². The Bertz CT molecular complexity index is 653. The molecule has 0 aliphatic heterocycles. The van der Waals surface area contributed by atoms with Crippen LogP contribution < -0.4 is 4.74 Å². The van der Waals surface area contributed by atoms with Crippen LogP contribution >= 0.6 is 0 Å². The second kappa shape index (κ2) is 5.54. The van der Waals surface area contributed by atoms with Gasteiger partial charge in [-0.05, 0) is 6.07 Å². The van der Waals surface area contributed by atoms with E-state index in [0.29, 0.717) is 11.4 Å². The molecule has 2 aromatic rings. The Hall–Kier alpha value is -2.19. The van der Waals surface area contributed by atoms with Crippen molar-refractivity contribution in [2.45, 2.75) is 37.8 Å². The normalized spacial score (nSPS) is 17.5. The summed E-state index contributed by atoms with van der Waals surface area (Å²) >= 11 is 0. The fourth-order valence-corrected chi connectivity index (χ4v) is 2.32. The molecule has 0 N–H and O–H groups in total. The van der Waals surface area contributed by atoms with Gasteiger partial charge in [-0.3, -0.25) is 0 Å². The Morgan fingerprint density at radius 1 is 1.32 bits per heavy atom. The van der Waals surface area contributed by atoms with Crippen LogP contribution in [0.4, 0.5) is 17.6 Å². The fraction of sp³-hybridized carbons (Fsp3) is 0.462. The van der Waals surface area contributed by atoms with Crippen LogP contribution in [0.1, 0.15) is 30.1 Å². The summed E-state index contributed by atoms with van der Waals surface area (Å²) in [7, 11) is 0. The summed E-state index contributed by atoms with van der Waals surface area (Å²) in [6, 6.07) is 4.47. The van der Waals surface area contributed by atoms with Crippen LogP contribution in [-0.4, -0.2) is 32.5 Å². The van der Waals surface area contributed by atoms with Gasteiger partial charge >= 0.3 is 6.61 Å². The van der Waals surface area contributed by atoms with E-state index in [1.807, 2.05) is 0 Å². The first-order valence-electron chi connectivity index (χ1n) is 6.60. The summed E-state index contributed by atoms with van der Waals surface area (Å²) in [6.07, 6.45) is 1.13. The van der Waals surface area contributed by atoms with Crippen LogP contribution in [0.3, 0.4) is 0 Å². The molecule has 0 spiro atoms. The number of hydrogen-bond donors (Lipinski definition) is 0. The minimum absolute atomic E-state index is 0.188. The lowest BCUT2D eigenvalue weighted by molar-refractivity contribution is -0.0876. The highest BCUT2D eigenvalue weighted by Crippen LogP contribution is 2.47. The van der Waals surface area contributed by atoms with Gasteiger partial charge in [-0.25, -0.2) is 18.4 Å².